The molecule has 0 amide bonds. The minimum absolute atomic E-state index is 0.0793. The zero-order valence-electron chi connectivity index (χ0n) is 11.9. The fourth-order valence-electron chi connectivity index (χ4n) is 2.10. The lowest BCUT2D eigenvalue weighted by Gasteiger charge is -2.18. The highest BCUT2D eigenvalue weighted by Gasteiger charge is 2.09. The third-order valence-electron chi connectivity index (χ3n) is 3.67. The van der Waals surface area contributed by atoms with Gasteiger partial charge in [0.1, 0.15) is 5.82 Å². The van der Waals surface area contributed by atoms with Gasteiger partial charge in [-0.25, -0.2) is 4.39 Å². The maximum Gasteiger partial charge on any atom is 0.126 e. The van der Waals surface area contributed by atoms with Gasteiger partial charge in [-0.1, -0.05) is 24.3 Å². The van der Waals surface area contributed by atoms with E-state index >= 15 is 0 Å². The van der Waals surface area contributed by atoms with Crippen LogP contribution in [0.25, 0.3) is 0 Å². The van der Waals surface area contributed by atoms with Crippen LogP contribution in [0.4, 0.5) is 10.1 Å². The molecule has 0 bridgehead atoms. The molecule has 0 aromatic heterocycles. The normalized spacial score (nSPS) is 12.3. The van der Waals surface area contributed by atoms with Gasteiger partial charge in [0, 0.05) is 11.7 Å². The van der Waals surface area contributed by atoms with Crippen molar-refractivity contribution in [3.8, 4) is 0 Å². The second kappa shape index (κ2) is 5.43. The molecule has 1 unspecified atom stereocenters. The SMILES string of the molecule is Cc1ccc(C(C)Nc2cccc(C)c2C)cc1F. The third kappa shape index (κ3) is 2.95. The fourth-order valence-corrected chi connectivity index (χ4v) is 2.10. The Labute approximate surface area is 114 Å². The molecular formula is C17H20FN. The Morgan fingerprint density at radius 3 is 2.42 bits per heavy atom. The highest BCUT2D eigenvalue weighted by Crippen LogP contribution is 2.24. The summed E-state index contributed by atoms with van der Waals surface area (Å²) in [5.74, 6) is -0.146. The predicted molar refractivity (Wildman–Crippen MR) is 79.1 cm³/mol. The van der Waals surface area contributed by atoms with E-state index in [2.05, 4.69) is 31.3 Å². The van der Waals surface area contributed by atoms with Crippen LogP contribution < -0.4 is 5.32 Å². The third-order valence-corrected chi connectivity index (χ3v) is 3.67. The van der Waals surface area contributed by atoms with Gasteiger partial charge in [-0.3, -0.25) is 0 Å². The van der Waals surface area contributed by atoms with Gasteiger partial charge in [0.25, 0.3) is 0 Å². The summed E-state index contributed by atoms with van der Waals surface area (Å²) in [6, 6.07) is 11.7. The molecule has 0 saturated carbocycles. The lowest BCUT2D eigenvalue weighted by atomic mass is 10.0. The Morgan fingerprint density at radius 1 is 1.00 bits per heavy atom. The van der Waals surface area contributed by atoms with Gasteiger partial charge < -0.3 is 5.32 Å². The highest BCUT2D eigenvalue weighted by atomic mass is 19.1. The van der Waals surface area contributed by atoms with E-state index in [0.717, 1.165) is 11.3 Å². The van der Waals surface area contributed by atoms with Gasteiger partial charge >= 0.3 is 0 Å². The van der Waals surface area contributed by atoms with E-state index in [1.165, 1.54) is 11.1 Å². The van der Waals surface area contributed by atoms with Crippen molar-refractivity contribution in [3.63, 3.8) is 0 Å². The summed E-state index contributed by atoms with van der Waals surface area (Å²) in [7, 11) is 0. The van der Waals surface area contributed by atoms with Crippen LogP contribution in [0.5, 0.6) is 0 Å². The number of hydrogen-bond donors (Lipinski definition) is 1. The van der Waals surface area contributed by atoms with Crippen LogP contribution in [0, 0.1) is 26.6 Å². The van der Waals surface area contributed by atoms with Gasteiger partial charge in [0.05, 0.1) is 0 Å². The summed E-state index contributed by atoms with van der Waals surface area (Å²) in [4.78, 5) is 0. The number of hydrogen-bond acceptors (Lipinski definition) is 1. The van der Waals surface area contributed by atoms with E-state index in [9.17, 15) is 4.39 Å². The average molecular weight is 257 g/mol. The number of rotatable bonds is 3. The Kier molecular flexibility index (Phi) is 3.89. The van der Waals surface area contributed by atoms with Crippen molar-refractivity contribution in [1.29, 1.82) is 0 Å². The lowest BCUT2D eigenvalue weighted by Crippen LogP contribution is -2.08. The maximum atomic E-state index is 13.6. The van der Waals surface area contributed by atoms with Crippen LogP contribution in [-0.4, -0.2) is 0 Å². The quantitative estimate of drug-likeness (QED) is 0.822. The minimum Gasteiger partial charge on any atom is -0.378 e. The molecule has 0 radical (unpaired) electrons. The monoisotopic (exact) mass is 257 g/mol. The Balaban J connectivity index is 2.23. The van der Waals surface area contributed by atoms with Gasteiger partial charge in [-0.2, -0.15) is 0 Å². The highest BCUT2D eigenvalue weighted by molar-refractivity contribution is 5.55. The van der Waals surface area contributed by atoms with Crippen molar-refractivity contribution in [1.82, 2.24) is 0 Å². The molecule has 0 spiro atoms. The predicted octanol–water partition coefficient (Wildman–Crippen LogP) is 4.92. The van der Waals surface area contributed by atoms with E-state index in [1.54, 1.807) is 13.0 Å². The van der Waals surface area contributed by atoms with Crippen molar-refractivity contribution in [2.75, 3.05) is 5.32 Å². The molecule has 0 aliphatic carbocycles. The van der Waals surface area contributed by atoms with Crippen LogP contribution in [-0.2, 0) is 0 Å². The molecule has 1 nitrogen and oxygen atoms in total. The number of halogens is 1. The molecule has 1 atom stereocenters. The van der Waals surface area contributed by atoms with Crippen LogP contribution in [0.2, 0.25) is 0 Å². The molecule has 2 aromatic rings. The molecular weight excluding hydrogens is 237 g/mol. The van der Waals surface area contributed by atoms with E-state index in [1.807, 2.05) is 25.1 Å². The summed E-state index contributed by atoms with van der Waals surface area (Å²) in [6.45, 7) is 8.02. The van der Waals surface area contributed by atoms with Gasteiger partial charge in [0.15, 0.2) is 0 Å². The first kappa shape index (κ1) is 13.6. The van der Waals surface area contributed by atoms with E-state index in [4.69, 9.17) is 0 Å². The summed E-state index contributed by atoms with van der Waals surface area (Å²) >= 11 is 0. The molecule has 0 heterocycles. The summed E-state index contributed by atoms with van der Waals surface area (Å²) in [6.07, 6.45) is 0. The number of benzene rings is 2. The van der Waals surface area contributed by atoms with Crippen LogP contribution in [0.3, 0.4) is 0 Å². The summed E-state index contributed by atoms with van der Waals surface area (Å²) in [5, 5.41) is 3.45. The molecule has 2 heteroatoms. The van der Waals surface area contributed by atoms with Gasteiger partial charge in [-0.05, 0) is 62.1 Å². The van der Waals surface area contributed by atoms with Gasteiger partial charge in [-0.15, -0.1) is 0 Å². The molecule has 2 rings (SSSR count). The average Bonchev–Trinajstić information content (AvgIpc) is 2.38. The lowest BCUT2D eigenvalue weighted by molar-refractivity contribution is 0.614. The summed E-state index contributed by atoms with van der Waals surface area (Å²) in [5.41, 5.74) is 5.24. The number of nitrogens with one attached hydrogen (secondary N) is 1. The maximum absolute atomic E-state index is 13.6. The van der Waals surface area contributed by atoms with Crippen molar-refractivity contribution < 1.29 is 4.39 Å². The first-order valence-corrected chi connectivity index (χ1v) is 6.58. The molecule has 100 valence electrons. The van der Waals surface area contributed by atoms with E-state index < -0.39 is 0 Å². The van der Waals surface area contributed by atoms with E-state index in [-0.39, 0.29) is 11.9 Å². The Morgan fingerprint density at radius 2 is 1.74 bits per heavy atom. The van der Waals surface area contributed by atoms with Crippen LogP contribution in [0.15, 0.2) is 36.4 Å². The second-order valence-corrected chi connectivity index (χ2v) is 5.12. The van der Waals surface area contributed by atoms with Crippen molar-refractivity contribution in [2.24, 2.45) is 0 Å². The van der Waals surface area contributed by atoms with E-state index in [0.29, 0.717) is 5.56 Å². The zero-order valence-corrected chi connectivity index (χ0v) is 11.9. The molecule has 2 aromatic carbocycles. The first-order valence-electron chi connectivity index (χ1n) is 6.58. The molecule has 1 N–H and O–H groups in total. The topological polar surface area (TPSA) is 12.0 Å². The van der Waals surface area contributed by atoms with Crippen LogP contribution >= 0.6 is 0 Å². The Bertz CT molecular complexity index is 590. The van der Waals surface area contributed by atoms with Crippen molar-refractivity contribution >= 4 is 5.69 Å². The molecule has 19 heavy (non-hydrogen) atoms. The first-order chi connectivity index (χ1) is 8.99. The standard InChI is InChI=1S/C17H20FN/c1-11-6-5-7-17(13(11)3)19-14(4)15-9-8-12(2)16(18)10-15/h5-10,14,19H,1-4H3. The molecule has 0 aliphatic heterocycles. The fraction of sp³-hybridized carbons (Fsp3) is 0.294. The zero-order chi connectivity index (χ0) is 14.0. The Hall–Kier alpha value is -1.83. The smallest absolute Gasteiger partial charge is 0.126 e. The number of anilines is 1. The summed E-state index contributed by atoms with van der Waals surface area (Å²) < 4.78 is 13.6. The molecule has 0 fully saturated rings. The van der Waals surface area contributed by atoms with Crippen LogP contribution in [0.1, 0.15) is 35.2 Å². The largest absolute Gasteiger partial charge is 0.378 e. The van der Waals surface area contributed by atoms with Gasteiger partial charge in [0.2, 0.25) is 0 Å². The molecule has 0 aliphatic rings. The molecule has 0 saturated heterocycles. The number of aryl methyl sites for hydroxylation is 2. The van der Waals surface area contributed by atoms with Crippen molar-refractivity contribution in [3.05, 3.63) is 64.5 Å². The van der Waals surface area contributed by atoms with Crippen molar-refractivity contribution in [2.45, 2.75) is 33.7 Å². The second-order valence-electron chi connectivity index (χ2n) is 5.12. The minimum atomic E-state index is -0.146.